The summed E-state index contributed by atoms with van der Waals surface area (Å²) in [6.45, 7) is 3.90. The number of hydrogen-bond acceptors (Lipinski definition) is 6. The fraction of sp³-hybridized carbons (Fsp3) is 0.320. The van der Waals surface area contributed by atoms with Crippen molar-refractivity contribution < 1.29 is 23.9 Å². The molecule has 35 heavy (non-hydrogen) atoms. The van der Waals surface area contributed by atoms with Crippen LogP contribution >= 0.6 is 56.9 Å². The molecular formula is C25H24I2N2O5S. The lowest BCUT2D eigenvalue weighted by Crippen LogP contribution is -2.40. The van der Waals surface area contributed by atoms with Crippen LogP contribution in [0.5, 0.6) is 11.5 Å². The first-order chi connectivity index (χ1) is 16.9. The maximum absolute atomic E-state index is 12.9. The number of hydrogen-bond donors (Lipinski definition) is 0. The summed E-state index contributed by atoms with van der Waals surface area (Å²) in [5.74, 6) is 0.570. The predicted octanol–water partition coefficient (Wildman–Crippen LogP) is 5.53. The minimum absolute atomic E-state index is 0.186. The number of thioether (sulfide) groups is 1. The zero-order chi connectivity index (χ0) is 24.9. The Morgan fingerprint density at radius 3 is 2.49 bits per heavy atom. The molecule has 2 fully saturated rings. The molecule has 0 spiro atoms. The third-order valence-electron chi connectivity index (χ3n) is 5.55. The van der Waals surface area contributed by atoms with Gasteiger partial charge in [0, 0.05) is 16.7 Å². The molecule has 0 aliphatic carbocycles. The van der Waals surface area contributed by atoms with Crippen molar-refractivity contribution in [1.29, 1.82) is 0 Å². The van der Waals surface area contributed by atoms with Gasteiger partial charge >= 0.3 is 0 Å². The van der Waals surface area contributed by atoms with E-state index in [0.717, 1.165) is 47.8 Å². The standard InChI is InChI=1S/C25H24I2N2O5S/c1-2-33-20-12-17(11-19(27)23(20)34-15-16-5-7-18(26)8-6-16)13-21-24(31)29(25(32)35-21)14-22(30)28-9-3-4-10-28/h5-8,11-13H,2-4,9-10,14-15H2,1H3/b21-13+. The number of rotatable bonds is 8. The highest BCUT2D eigenvalue weighted by Gasteiger charge is 2.37. The molecule has 0 N–H and O–H groups in total. The summed E-state index contributed by atoms with van der Waals surface area (Å²) < 4.78 is 13.9. The maximum atomic E-state index is 12.9. The Kier molecular flexibility index (Phi) is 8.97. The van der Waals surface area contributed by atoms with E-state index >= 15 is 0 Å². The fourth-order valence-corrected chi connectivity index (χ4v) is 5.78. The van der Waals surface area contributed by atoms with E-state index < -0.39 is 11.1 Å². The van der Waals surface area contributed by atoms with E-state index in [2.05, 4.69) is 45.2 Å². The molecule has 184 valence electrons. The number of carbonyl (C=O) groups is 3. The lowest BCUT2D eigenvalue weighted by molar-refractivity contribution is -0.135. The molecule has 2 aromatic carbocycles. The molecule has 2 aromatic rings. The Balaban J connectivity index is 1.51. The van der Waals surface area contributed by atoms with Crippen LogP contribution in [0.1, 0.15) is 30.9 Å². The van der Waals surface area contributed by atoms with Crippen LogP contribution in [0.4, 0.5) is 4.79 Å². The van der Waals surface area contributed by atoms with Crippen molar-refractivity contribution in [2.45, 2.75) is 26.4 Å². The number of likely N-dealkylation sites (tertiary alicyclic amines) is 1. The molecule has 0 aromatic heterocycles. The van der Waals surface area contributed by atoms with Gasteiger partial charge in [-0.1, -0.05) is 12.1 Å². The van der Waals surface area contributed by atoms with Gasteiger partial charge in [-0.15, -0.1) is 0 Å². The van der Waals surface area contributed by atoms with Gasteiger partial charge in [0.05, 0.1) is 15.1 Å². The van der Waals surface area contributed by atoms with Gasteiger partial charge in [0.25, 0.3) is 11.1 Å². The van der Waals surface area contributed by atoms with Crippen LogP contribution in [-0.4, -0.2) is 53.1 Å². The van der Waals surface area contributed by atoms with Gasteiger partial charge in [-0.3, -0.25) is 19.3 Å². The van der Waals surface area contributed by atoms with Crippen LogP contribution in [0.3, 0.4) is 0 Å². The van der Waals surface area contributed by atoms with Crippen LogP contribution in [-0.2, 0) is 16.2 Å². The van der Waals surface area contributed by atoms with E-state index in [1.165, 1.54) is 0 Å². The van der Waals surface area contributed by atoms with Crippen molar-refractivity contribution in [1.82, 2.24) is 9.80 Å². The lowest BCUT2D eigenvalue weighted by atomic mass is 10.1. The second kappa shape index (κ2) is 12.0. The highest BCUT2D eigenvalue weighted by atomic mass is 127. The molecule has 2 saturated heterocycles. The number of nitrogens with zero attached hydrogens (tertiary/aromatic N) is 2. The molecule has 10 heteroatoms. The highest BCUT2D eigenvalue weighted by Crippen LogP contribution is 2.38. The smallest absolute Gasteiger partial charge is 0.294 e. The molecule has 4 rings (SSSR count). The van der Waals surface area contributed by atoms with Crippen molar-refractivity contribution in [3.05, 3.63) is 59.6 Å². The minimum atomic E-state index is -0.445. The monoisotopic (exact) mass is 718 g/mol. The first-order valence-electron chi connectivity index (χ1n) is 11.2. The van der Waals surface area contributed by atoms with E-state index in [1.807, 2.05) is 37.3 Å². The third-order valence-corrected chi connectivity index (χ3v) is 7.98. The number of carbonyl (C=O) groups excluding carboxylic acids is 3. The van der Waals surface area contributed by atoms with E-state index in [1.54, 1.807) is 17.0 Å². The van der Waals surface area contributed by atoms with Crippen molar-refractivity contribution >= 4 is 80.1 Å². The van der Waals surface area contributed by atoms with Gasteiger partial charge < -0.3 is 14.4 Å². The largest absolute Gasteiger partial charge is 0.490 e. The summed E-state index contributed by atoms with van der Waals surface area (Å²) in [5.41, 5.74) is 1.76. The summed E-state index contributed by atoms with van der Waals surface area (Å²) in [7, 11) is 0. The second-order valence-corrected chi connectivity index (χ2v) is 11.4. The average molecular weight is 718 g/mol. The van der Waals surface area contributed by atoms with Gasteiger partial charge in [0.1, 0.15) is 13.2 Å². The molecule has 0 radical (unpaired) electrons. The van der Waals surface area contributed by atoms with E-state index in [4.69, 9.17) is 9.47 Å². The molecule has 2 aliphatic rings. The van der Waals surface area contributed by atoms with Crippen LogP contribution in [0.2, 0.25) is 0 Å². The van der Waals surface area contributed by atoms with Crippen molar-refractivity contribution in [3.63, 3.8) is 0 Å². The van der Waals surface area contributed by atoms with Gasteiger partial charge in [0.2, 0.25) is 5.91 Å². The van der Waals surface area contributed by atoms with E-state index in [0.29, 0.717) is 37.8 Å². The van der Waals surface area contributed by atoms with Gasteiger partial charge in [-0.2, -0.15) is 0 Å². The molecule has 0 saturated carbocycles. The first-order valence-corrected chi connectivity index (χ1v) is 14.2. The van der Waals surface area contributed by atoms with Gasteiger partial charge in [-0.05, 0) is 118 Å². The Bertz CT molecular complexity index is 1160. The second-order valence-electron chi connectivity index (χ2n) is 8.03. The number of amides is 3. The number of benzene rings is 2. The molecular weight excluding hydrogens is 694 g/mol. The summed E-state index contributed by atoms with van der Waals surface area (Å²) >= 11 is 5.30. The number of imide groups is 1. The molecule has 7 nitrogen and oxygen atoms in total. The number of halogens is 2. The van der Waals surface area contributed by atoms with E-state index in [-0.39, 0.29) is 17.4 Å². The average Bonchev–Trinajstić information content (AvgIpc) is 3.45. The SMILES string of the molecule is CCOc1cc(/C=C2/SC(=O)N(CC(=O)N3CCCC3)C2=O)cc(I)c1OCc1ccc(I)cc1. The first kappa shape index (κ1) is 26.3. The Labute approximate surface area is 235 Å². The van der Waals surface area contributed by atoms with Crippen molar-refractivity contribution in [3.8, 4) is 11.5 Å². The van der Waals surface area contributed by atoms with E-state index in [9.17, 15) is 14.4 Å². The third kappa shape index (κ3) is 6.50. The molecule has 0 unspecified atom stereocenters. The van der Waals surface area contributed by atoms with Gasteiger partial charge in [0.15, 0.2) is 11.5 Å². The summed E-state index contributed by atoms with van der Waals surface area (Å²) in [6, 6.07) is 11.8. The maximum Gasteiger partial charge on any atom is 0.294 e. The molecule has 2 aliphatic heterocycles. The zero-order valence-corrected chi connectivity index (χ0v) is 24.2. The quantitative estimate of drug-likeness (QED) is 0.264. The van der Waals surface area contributed by atoms with Crippen molar-refractivity contribution in [2.75, 3.05) is 26.2 Å². The minimum Gasteiger partial charge on any atom is -0.490 e. The highest BCUT2D eigenvalue weighted by molar-refractivity contribution is 14.1. The predicted molar refractivity (Wildman–Crippen MR) is 152 cm³/mol. The van der Waals surface area contributed by atoms with Crippen LogP contribution in [0, 0.1) is 7.14 Å². The topological polar surface area (TPSA) is 76.2 Å². The van der Waals surface area contributed by atoms with Crippen LogP contribution < -0.4 is 9.47 Å². The molecule has 0 atom stereocenters. The van der Waals surface area contributed by atoms with Crippen LogP contribution in [0.15, 0.2) is 41.3 Å². The Morgan fingerprint density at radius 1 is 1.09 bits per heavy atom. The normalized spacial score (nSPS) is 16.9. The Morgan fingerprint density at radius 2 is 1.80 bits per heavy atom. The molecule has 0 bridgehead atoms. The zero-order valence-electron chi connectivity index (χ0n) is 19.1. The lowest BCUT2D eigenvalue weighted by Gasteiger charge is -2.18. The summed E-state index contributed by atoms with van der Waals surface area (Å²) in [5, 5.41) is -0.425. The molecule has 2 heterocycles. The van der Waals surface area contributed by atoms with Gasteiger partial charge in [-0.25, -0.2) is 0 Å². The summed E-state index contributed by atoms with van der Waals surface area (Å²) in [6.07, 6.45) is 3.58. The fourth-order valence-electron chi connectivity index (χ4n) is 3.80. The van der Waals surface area contributed by atoms with Crippen molar-refractivity contribution in [2.24, 2.45) is 0 Å². The molecule has 3 amide bonds. The summed E-state index contributed by atoms with van der Waals surface area (Å²) in [4.78, 5) is 40.9. The Hall–Kier alpha value is -1.80. The number of ether oxygens (including phenoxy) is 2. The van der Waals surface area contributed by atoms with Crippen LogP contribution in [0.25, 0.3) is 6.08 Å².